The van der Waals surface area contributed by atoms with Crippen LogP contribution in [0, 0.1) is 5.92 Å². The lowest BCUT2D eigenvalue weighted by molar-refractivity contribution is 0.424. The summed E-state index contributed by atoms with van der Waals surface area (Å²) in [5, 5.41) is 7.21. The van der Waals surface area contributed by atoms with Crippen molar-refractivity contribution in [2.24, 2.45) is 5.92 Å². The summed E-state index contributed by atoms with van der Waals surface area (Å²) in [6, 6.07) is 12.1. The topological polar surface area (TPSA) is 24.1 Å². The normalized spacial score (nSPS) is 33.2. The molecule has 2 heterocycles. The van der Waals surface area contributed by atoms with Gasteiger partial charge in [-0.25, -0.2) is 0 Å². The van der Waals surface area contributed by atoms with Gasteiger partial charge in [-0.15, -0.1) is 0 Å². The van der Waals surface area contributed by atoms with E-state index in [-0.39, 0.29) is 0 Å². The molecule has 1 aromatic rings. The zero-order chi connectivity index (χ0) is 10.1. The minimum atomic E-state index is 0.784. The van der Waals surface area contributed by atoms with E-state index >= 15 is 0 Å². The number of nitrogens with one attached hydrogen (secondary N) is 2. The summed E-state index contributed by atoms with van der Waals surface area (Å²) in [7, 11) is 0. The zero-order valence-corrected chi connectivity index (χ0v) is 8.95. The molecule has 0 amide bonds. The van der Waals surface area contributed by atoms with Crippen molar-refractivity contribution in [3.63, 3.8) is 0 Å². The first-order valence-electron chi connectivity index (χ1n) is 5.97. The minimum absolute atomic E-state index is 0.784. The molecule has 1 aromatic carbocycles. The van der Waals surface area contributed by atoms with E-state index in [0.717, 1.165) is 24.5 Å². The van der Waals surface area contributed by atoms with Gasteiger partial charge in [-0.3, -0.25) is 0 Å². The Labute approximate surface area is 91.1 Å². The lowest BCUT2D eigenvalue weighted by atomic mass is 9.89. The molecule has 3 atom stereocenters. The Morgan fingerprint density at radius 1 is 1.20 bits per heavy atom. The van der Waals surface area contributed by atoms with E-state index in [1.165, 1.54) is 24.9 Å². The van der Waals surface area contributed by atoms with Gasteiger partial charge >= 0.3 is 0 Å². The first-order chi connectivity index (χ1) is 7.42. The number of rotatable bonds is 3. The Kier molecular flexibility index (Phi) is 2.37. The summed E-state index contributed by atoms with van der Waals surface area (Å²) in [5.41, 5.74) is 1.25. The van der Waals surface area contributed by atoms with Gasteiger partial charge in [0.1, 0.15) is 0 Å². The lowest BCUT2D eigenvalue weighted by Crippen LogP contribution is -2.27. The van der Waals surface area contributed by atoms with Gasteiger partial charge in [0.25, 0.3) is 0 Å². The zero-order valence-electron chi connectivity index (χ0n) is 8.95. The highest BCUT2D eigenvalue weighted by atomic mass is 15.0. The maximum Gasteiger partial charge on any atom is 0.0340 e. The summed E-state index contributed by atoms with van der Waals surface area (Å²) < 4.78 is 0. The molecule has 0 saturated carbocycles. The molecule has 2 fully saturated rings. The number of benzene rings is 1. The van der Waals surface area contributed by atoms with Crippen LogP contribution in [0.15, 0.2) is 30.3 Å². The smallest absolute Gasteiger partial charge is 0.0340 e. The predicted octanol–water partition coefficient (Wildman–Crippen LogP) is 2.24. The van der Waals surface area contributed by atoms with Crippen molar-refractivity contribution in [3.05, 3.63) is 30.3 Å². The van der Waals surface area contributed by atoms with Gasteiger partial charge in [0.05, 0.1) is 0 Å². The van der Waals surface area contributed by atoms with Gasteiger partial charge < -0.3 is 10.6 Å². The Morgan fingerprint density at radius 3 is 2.73 bits per heavy atom. The van der Waals surface area contributed by atoms with E-state index in [2.05, 4.69) is 41.0 Å². The van der Waals surface area contributed by atoms with Gasteiger partial charge in [-0.2, -0.15) is 0 Å². The fourth-order valence-corrected chi connectivity index (χ4v) is 2.97. The maximum absolute atomic E-state index is 3.67. The Morgan fingerprint density at radius 2 is 2.07 bits per heavy atom. The van der Waals surface area contributed by atoms with Crippen LogP contribution >= 0.6 is 0 Å². The largest absolute Gasteiger partial charge is 0.385 e. The molecule has 0 radical (unpaired) electrons. The second kappa shape index (κ2) is 3.86. The van der Waals surface area contributed by atoms with Crippen LogP contribution in [-0.4, -0.2) is 18.6 Å². The third-order valence-electron chi connectivity index (χ3n) is 3.77. The van der Waals surface area contributed by atoms with Crippen molar-refractivity contribution in [1.29, 1.82) is 0 Å². The molecule has 3 unspecified atom stereocenters. The second-order valence-corrected chi connectivity index (χ2v) is 4.79. The van der Waals surface area contributed by atoms with Gasteiger partial charge in [0.15, 0.2) is 0 Å². The first-order valence-corrected chi connectivity index (χ1v) is 5.97. The molecule has 2 bridgehead atoms. The maximum atomic E-state index is 3.67. The first kappa shape index (κ1) is 9.22. The van der Waals surface area contributed by atoms with Crippen molar-refractivity contribution >= 4 is 5.69 Å². The summed E-state index contributed by atoms with van der Waals surface area (Å²) in [4.78, 5) is 0. The molecule has 2 heteroatoms. The third-order valence-corrected chi connectivity index (χ3v) is 3.77. The molecule has 2 aliphatic rings. The fourth-order valence-electron chi connectivity index (χ4n) is 2.97. The van der Waals surface area contributed by atoms with Crippen molar-refractivity contribution < 1.29 is 0 Å². The average Bonchev–Trinajstić information content (AvgIpc) is 2.89. The van der Waals surface area contributed by atoms with E-state index in [1.54, 1.807) is 0 Å². The van der Waals surface area contributed by atoms with Gasteiger partial charge in [-0.1, -0.05) is 18.2 Å². The molecule has 3 rings (SSSR count). The van der Waals surface area contributed by atoms with E-state index in [4.69, 9.17) is 0 Å². The molecular weight excluding hydrogens is 184 g/mol. The molecule has 2 saturated heterocycles. The van der Waals surface area contributed by atoms with Crippen molar-refractivity contribution in [1.82, 2.24) is 5.32 Å². The second-order valence-electron chi connectivity index (χ2n) is 4.79. The van der Waals surface area contributed by atoms with Crippen LogP contribution in [0.25, 0.3) is 0 Å². The van der Waals surface area contributed by atoms with Crippen LogP contribution in [0.5, 0.6) is 0 Å². The van der Waals surface area contributed by atoms with Gasteiger partial charge in [0.2, 0.25) is 0 Å². The molecule has 2 nitrogen and oxygen atoms in total. The summed E-state index contributed by atoms with van der Waals surface area (Å²) >= 11 is 0. The molecular formula is C13H18N2. The molecule has 0 aromatic heterocycles. The van der Waals surface area contributed by atoms with Crippen LogP contribution < -0.4 is 10.6 Å². The Bertz CT molecular complexity index is 323. The number of fused-ring (bicyclic) bond motifs is 2. The quantitative estimate of drug-likeness (QED) is 0.785. The number of anilines is 1. The van der Waals surface area contributed by atoms with Crippen molar-refractivity contribution in [2.45, 2.75) is 31.3 Å². The number of hydrogen-bond acceptors (Lipinski definition) is 2. The minimum Gasteiger partial charge on any atom is -0.385 e. The van der Waals surface area contributed by atoms with E-state index < -0.39 is 0 Å². The van der Waals surface area contributed by atoms with Crippen molar-refractivity contribution in [2.75, 3.05) is 11.9 Å². The molecule has 15 heavy (non-hydrogen) atoms. The SMILES string of the molecule is c1ccc(NCC2CC3CCC2N3)cc1. The van der Waals surface area contributed by atoms with Crippen LogP contribution in [0.2, 0.25) is 0 Å². The molecule has 0 aliphatic carbocycles. The van der Waals surface area contributed by atoms with E-state index in [9.17, 15) is 0 Å². The average molecular weight is 202 g/mol. The highest BCUT2D eigenvalue weighted by Gasteiger charge is 2.38. The number of para-hydroxylation sites is 1. The Hall–Kier alpha value is -1.02. The standard InChI is InChI=1S/C13H18N2/c1-2-4-11(5-3-1)14-9-10-8-12-6-7-13(10)15-12/h1-5,10,12-15H,6-9H2. The van der Waals surface area contributed by atoms with E-state index in [0.29, 0.717) is 0 Å². The summed E-state index contributed by atoms with van der Waals surface area (Å²) in [6.07, 6.45) is 4.14. The summed E-state index contributed by atoms with van der Waals surface area (Å²) in [5.74, 6) is 0.837. The highest BCUT2D eigenvalue weighted by molar-refractivity contribution is 5.42. The predicted molar refractivity (Wildman–Crippen MR) is 63.0 cm³/mol. The van der Waals surface area contributed by atoms with Crippen molar-refractivity contribution in [3.8, 4) is 0 Å². The number of hydrogen-bond donors (Lipinski definition) is 2. The highest BCUT2D eigenvalue weighted by Crippen LogP contribution is 2.33. The molecule has 2 aliphatic heterocycles. The molecule has 0 spiro atoms. The Balaban J connectivity index is 1.55. The van der Waals surface area contributed by atoms with Crippen LogP contribution in [-0.2, 0) is 0 Å². The van der Waals surface area contributed by atoms with Gasteiger partial charge in [0, 0.05) is 24.3 Å². The molecule has 80 valence electrons. The molecule has 2 N–H and O–H groups in total. The van der Waals surface area contributed by atoms with Crippen LogP contribution in [0.4, 0.5) is 5.69 Å². The lowest BCUT2D eigenvalue weighted by Gasteiger charge is -2.20. The van der Waals surface area contributed by atoms with Crippen LogP contribution in [0.1, 0.15) is 19.3 Å². The van der Waals surface area contributed by atoms with E-state index in [1.807, 2.05) is 0 Å². The van der Waals surface area contributed by atoms with Gasteiger partial charge in [-0.05, 0) is 37.3 Å². The summed E-state index contributed by atoms with van der Waals surface area (Å²) in [6.45, 7) is 1.12. The monoisotopic (exact) mass is 202 g/mol. The third kappa shape index (κ3) is 1.86. The fraction of sp³-hybridized carbons (Fsp3) is 0.538. The van der Waals surface area contributed by atoms with Crippen LogP contribution in [0.3, 0.4) is 0 Å².